The van der Waals surface area contributed by atoms with Gasteiger partial charge >= 0.3 is 0 Å². The van der Waals surface area contributed by atoms with E-state index in [1.807, 2.05) is 0 Å². The van der Waals surface area contributed by atoms with Crippen molar-refractivity contribution in [1.29, 1.82) is 0 Å². The van der Waals surface area contributed by atoms with Crippen molar-refractivity contribution in [2.45, 2.75) is 12.8 Å². The molecule has 1 fully saturated rings. The molecule has 0 spiro atoms. The number of aromatic nitrogens is 2. The summed E-state index contributed by atoms with van der Waals surface area (Å²) in [6.07, 6.45) is 3.56. The monoisotopic (exact) mass is 284 g/mol. The van der Waals surface area contributed by atoms with E-state index in [-0.39, 0.29) is 11.8 Å². The zero-order valence-corrected chi connectivity index (χ0v) is 10.3. The maximum absolute atomic E-state index is 11.3. The Bertz CT molecular complexity index is 381. The molecular formula is C10H13BrN4O. The normalized spacial score (nSPS) is 14.6. The quantitative estimate of drug-likeness (QED) is 0.629. The molecule has 1 amide bonds. The van der Waals surface area contributed by atoms with E-state index in [1.54, 1.807) is 6.07 Å². The van der Waals surface area contributed by atoms with Gasteiger partial charge in [-0.05, 0) is 28.8 Å². The molecule has 6 heteroatoms. The second-order valence-corrected chi connectivity index (χ2v) is 4.53. The fourth-order valence-corrected chi connectivity index (χ4v) is 1.60. The molecule has 1 aromatic rings. The third-order valence-corrected chi connectivity index (χ3v) is 2.75. The van der Waals surface area contributed by atoms with Gasteiger partial charge in [-0.2, -0.15) is 0 Å². The molecule has 1 aromatic heterocycles. The van der Waals surface area contributed by atoms with Gasteiger partial charge in [0.25, 0.3) is 0 Å². The minimum absolute atomic E-state index is 0.172. The van der Waals surface area contributed by atoms with Crippen LogP contribution >= 0.6 is 15.9 Å². The number of nitrogens with one attached hydrogen (secondary N) is 2. The van der Waals surface area contributed by atoms with Crippen LogP contribution < -0.4 is 10.6 Å². The highest BCUT2D eigenvalue weighted by Crippen LogP contribution is 2.28. The molecule has 0 unspecified atom stereocenters. The van der Waals surface area contributed by atoms with Crippen LogP contribution in [0, 0.1) is 5.92 Å². The number of halogens is 1. The van der Waals surface area contributed by atoms with Crippen LogP contribution in [0.3, 0.4) is 0 Å². The first-order valence-electron chi connectivity index (χ1n) is 5.25. The lowest BCUT2D eigenvalue weighted by atomic mass is 10.4. The van der Waals surface area contributed by atoms with Crippen molar-refractivity contribution in [2.75, 3.05) is 18.4 Å². The minimum atomic E-state index is 0.172. The van der Waals surface area contributed by atoms with Gasteiger partial charge in [-0.3, -0.25) is 4.79 Å². The van der Waals surface area contributed by atoms with Gasteiger partial charge in [0.15, 0.2) is 0 Å². The first-order chi connectivity index (χ1) is 7.75. The maximum atomic E-state index is 11.3. The molecule has 0 aromatic carbocycles. The van der Waals surface area contributed by atoms with Crippen LogP contribution in [0.2, 0.25) is 0 Å². The van der Waals surface area contributed by atoms with Crippen molar-refractivity contribution in [3.8, 4) is 0 Å². The Morgan fingerprint density at radius 1 is 1.44 bits per heavy atom. The maximum Gasteiger partial charge on any atom is 0.223 e. The highest BCUT2D eigenvalue weighted by molar-refractivity contribution is 9.10. The summed E-state index contributed by atoms with van der Waals surface area (Å²) in [6.45, 7) is 1.29. The van der Waals surface area contributed by atoms with Crippen LogP contribution in [0.1, 0.15) is 12.8 Å². The lowest BCUT2D eigenvalue weighted by molar-refractivity contribution is -0.122. The van der Waals surface area contributed by atoms with Gasteiger partial charge in [-0.15, -0.1) is 0 Å². The van der Waals surface area contributed by atoms with E-state index in [1.165, 1.54) is 6.33 Å². The first-order valence-corrected chi connectivity index (χ1v) is 6.04. The Hall–Kier alpha value is -1.17. The smallest absolute Gasteiger partial charge is 0.223 e. The summed E-state index contributed by atoms with van der Waals surface area (Å²) in [6, 6.07) is 1.79. The number of carbonyl (C=O) groups excluding carboxylic acids is 1. The van der Waals surface area contributed by atoms with E-state index >= 15 is 0 Å². The number of anilines is 1. The third-order valence-electron chi connectivity index (χ3n) is 2.31. The summed E-state index contributed by atoms with van der Waals surface area (Å²) in [5.74, 6) is 1.20. The first kappa shape index (κ1) is 11.3. The van der Waals surface area contributed by atoms with E-state index in [0.717, 1.165) is 23.3 Å². The second-order valence-electron chi connectivity index (χ2n) is 3.72. The standard InChI is InChI=1S/C10H13BrN4O/c11-8-5-9(15-6-14-8)12-3-4-13-10(16)7-1-2-7/h5-7H,1-4H2,(H,13,16)(H,12,14,15). The molecule has 86 valence electrons. The van der Waals surface area contributed by atoms with E-state index in [9.17, 15) is 4.79 Å². The number of hydrogen-bond donors (Lipinski definition) is 2. The van der Waals surface area contributed by atoms with Crippen molar-refractivity contribution in [2.24, 2.45) is 5.92 Å². The summed E-state index contributed by atoms with van der Waals surface area (Å²) in [4.78, 5) is 19.3. The number of hydrogen-bond acceptors (Lipinski definition) is 4. The largest absolute Gasteiger partial charge is 0.368 e. The highest BCUT2D eigenvalue weighted by atomic mass is 79.9. The van der Waals surface area contributed by atoms with Gasteiger partial charge in [-0.1, -0.05) is 0 Å². The highest BCUT2D eigenvalue weighted by Gasteiger charge is 2.28. The topological polar surface area (TPSA) is 66.9 Å². The Balaban J connectivity index is 1.65. The lowest BCUT2D eigenvalue weighted by Crippen LogP contribution is -2.29. The summed E-state index contributed by atoms with van der Waals surface area (Å²) >= 11 is 3.26. The molecular weight excluding hydrogens is 272 g/mol. The van der Waals surface area contributed by atoms with E-state index < -0.39 is 0 Å². The van der Waals surface area contributed by atoms with Crippen LogP contribution in [0.25, 0.3) is 0 Å². The van der Waals surface area contributed by atoms with E-state index in [4.69, 9.17) is 0 Å². The molecule has 2 rings (SSSR count). The van der Waals surface area contributed by atoms with Crippen LogP contribution in [-0.4, -0.2) is 29.0 Å². The van der Waals surface area contributed by atoms with Crippen molar-refractivity contribution in [1.82, 2.24) is 15.3 Å². The Morgan fingerprint density at radius 2 is 2.25 bits per heavy atom. The number of amides is 1. The van der Waals surface area contributed by atoms with Crippen LogP contribution in [-0.2, 0) is 4.79 Å². The zero-order valence-electron chi connectivity index (χ0n) is 8.74. The molecule has 1 saturated carbocycles. The van der Waals surface area contributed by atoms with Crippen LogP contribution in [0.15, 0.2) is 17.0 Å². The predicted molar refractivity (Wildman–Crippen MR) is 64.0 cm³/mol. The van der Waals surface area contributed by atoms with Gasteiger partial charge in [0.05, 0.1) is 0 Å². The van der Waals surface area contributed by atoms with Crippen LogP contribution in [0.5, 0.6) is 0 Å². The molecule has 0 atom stereocenters. The van der Waals surface area contributed by atoms with Crippen molar-refractivity contribution >= 4 is 27.7 Å². The van der Waals surface area contributed by atoms with Gasteiger partial charge in [0, 0.05) is 25.1 Å². The molecule has 1 aliphatic rings. The summed E-state index contributed by atoms with van der Waals surface area (Å²) in [5.41, 5.74) is 0. The Kier molecular flexibility index (Phi) is 3.71. The SMILES string of the molecule is O=C(NCCNc1cc(Br)ncn1)C1CC1. The summed E-state index contributed by atoms with van der Waals surface area (Å²) in [7, 11) is 0. The van der Waals surface area contributed by atoms with Gasteiger partial charge in [-0.25, -0.2) is 9.97 Å². The van der Waals surface area contributed by atoms with Gasteiger partial charge in [0.2, 0.25) is 5.91 Å². The zero-order chi connectivity index (χ0) is 11.4. The van der Waals surface area contributed by atoms with Crippen molar-refractivity contribution < 1.29 is 4.79 Å². The Labute approximate surface area is 102 Å². The molecule has 16 heavy (non-hydrogen) atoms. The number of rotatable bonds is 5. The van der Waals surface area contributed by atoms with Gasteiger partial charge < -0.3 is 10.6 Å². The minimum Gasteiger partial charge on any atom is -0.368 e. The van der Waals surface area contributed by atoms with Gasteiger partial charge in [0.1, 0.15) is 16.7 Å². The van der Waals surface area contributed by atoms with E-state index in [2.05, 4.69) is 36.5 Å². The average Bonchev–Trinajstić information content (AvgIpc) is 3.08. The second kappa shape index (κ2) is 5.25. The van der Waals surface area contributed by atoms with Crippen LogP contribution in [0.4, 0.5) is 5.82 Å². The van der Waals surface area contributed by atoms with Crippen molar-refractivity contribution in [3.63, 3.8) is 0 Å². The molecule has 2 N–H and O–H groups in total. The molecule has 0 saturated heterocycles. The molecule has 1 aliphatic carbocycles. The fourth-order valence-electron chi connectivity index (χ4n) is 1.30. The lowest BCUT2D eigenvalue weighted by Gasteiger charge is -2.06. The third kappa shape index (κ3) is 3.44. The summed E-state index contributed by atoms with van der Waals surface area (Å²) < 4.78 is 0.743. The fraction of sp³-hybridized carbons (Fsp3) is 0.500. The number of carbonyl (C=O) groups is 1. The predicted octanol–water partition coefficient (Wildman–Crippen LogP) is 1.18. The van der Waals surface area contributed by atoms with E-state index in [0.29, 0.717) is 13.1 Å². The molecule has 1 heterocycles. The van der Waals surface area contributed by atoms with Crippen molar-refractivity contribution in [3.05, 3.63) is 17.0 Å². The molecule has 0 bridgehead atoms. The Morgan fingerprint density at radius 3 is 2.94 bits per heavy atom. The molecule has 0 radical (unpaired) electrons. The summed E-state index contributed by atoms with van der Waals surface area (Å²) in [5, 5.41) is 5.98. The number of nitrogens with zero attached hydrogens (tertiary/aromatic N) is 2. The molecule has 0 aliphatic heterocycles. The molecule has 5 nitrogen and oxygen atoms in total. The average molecular weight is 285 g/mol.